The molecule has 0 saturated carbocycles. The molecular weight excluding hydrogens is 262 g/mol. The second kappa shape index (κ2) is 5.99. The van der Waals surface area contributed by atoms with Crippen molar-refractivity contribution in [3.05, 3.63) is 0 Å². The van der Waals surface area contributed by atoms with Gasteiger partial charge in [0.05, 0.1) is 5.60 Å². The molecule has 0 aromatic rings. The molecule has 0 saturated heterocycles. The highest BCUT2D eigenvalue weighted by Gasteiger charge is 2.45. The SMILES string of the molecule is COC(C)(C)CC(C)(C(=O)O)N(C)C(=O)OC(C)(C)C. The maximum Gasteiger partial charge on any atom is 0.410 e. The summed E-state index contributed by atoms with van der Waals surface area (Å²) in [5.41, 5.74) is -2.77. The monoisotopic (exact) mass is 289 g/mol. The van der Waals surface area contributed by atoms with Crippen LogP contribution in [0, 0.1) is 0 Å². The Kier molecular flexibility index (Phi) is 5.60. The molecule has 0 aromatic carbocycles. The van der Waals surface area contributed by atoms with Crippen LogP contribution in [0.15, 0.2) is 0 Å². The van der Waals surface area contributed by atoms with E-state index in [-0.39, 0.29) is 6.42 Å². The van der Waals surface area contributed by atoms with Crippen LogP contribution in [0.2, 0.25) is 0 Å². The lowest BCUT2D eigenvalue weighted by molar-refractivity contribution is -0.154. The molecular formula is C14H27NO5. The maximum absolute atomic E-state index is 12.1. The fourth-order valence-corrected chi connectivity index (χ4v) is 1.77. The van der Waals surface area contributed by atoms with Crippen LogP contribution in [0.25, 0.3) is 0 Å². The van der Waals surface area contributed by atoms with Crippen molar-refractivity contribution in [2.45, 2.75) is 64.7 Å². The van der Waals surface area contributed by atoms with Crippen LogP contribution in [-0.2, 0) is 14.3 Å². The maximum atomic E-state index is 12.1. The molecule has 1 N–H and O–H groups in total. The van der Waals surface area contributed by atoms with Crippen molar-refractivity contribution in [2.24, 2.45) is 0 Å². The van der Waals surface area contributed by atoms with E-state index in [1.54, 1.807) is 34.6 Å². The van der Waals surface area contributed by atoms with Gasteiger partial charge in [-0.25, -0.2) is 9.59 Å². The second-order valence-electron chi connectivity index (χ2n) is 6.76. The lowest BCUT2D eigenvalue weighted by Gasteiger charge is -2.40. The minimum absolute atomic E-state index is 0.140. The van der Waals surface area contributed by atoms with Crippen LogP contribution in [0.4, 0.5) is 4.79 Å². The minimum atomic E-state index is -1.41. The zero-order valence-corrected chi connectivity index (χ0v) is 13.7. The van der Waals surface area contributed by atoms with E-state index in [2.05, 4.69) is 0 Å². The Labute approximate surface area is 121 Å². The van der Waals surface area contributed by atoms with Crippen LogP contribution < -0.4 is 0 Å². The smallest absolute Gasteiger partial charge is 0.410 e. The number of likely N-dealkylation sites (N-methyl/N-ethyl adjacent to an activating group) is 1. The van der Waals surface area contributed by atoms with Gasteiger partial charge in [-0.2, -0.15) is 0 Å². The summed E-state index contributed by atoms with van der Waals surface area (Å²) in [4.78, 5) is 24.8. The molecule has 0 aliphatic rings. The normalized spacial score (nSPS) is 15.4. The lowest BCUT2D eigenvalue weighted by Crippen LogP contribution is -2.57. The lowest BCUT2D eigenvalue weighted by atomic mass is 9.86. The van der Waals surface area contributed by atoms with Crippen molar-refractivity contribution in [1.29, 1.82) is 0 Å². The van der Waals surface area contributed by atoms with Gasteiger partial charge in [-0.3, -0.25) is 4.90 Å². The molecule has 0 aliphatic heterocycles. The first-order valence-electron chi connectivity index (χ1n) is 6.50. The first kappa shape index (κ1) is 18.7. The van der Waals surface area contributed by atoms with Crippen LogP contribution in [0.3, 0.4) is 0 Å². The van der Waals surface area contributed by atoms with Gasteiger partial charge < -0.3 is 14.6 Å². The summed E-state index contributed by atoms with van der Waals surface area (Å²) in [6, 6.07) is 0. The van der Waals surface area contributed by atoms with Crippen LogP contribution in [0.1, 0.15) is 48.0 Å². The number of carboxylic acid groups (broad SMARTS) is 1. The Morgan fingerprint density at radius 2 is 1.55 bits per heavy atom. The third-order valence-corrected chi connectivity index (χ3v) is 3.19. The van der Waals surface area contributed by atoms with Crippen molar-refractivity contribution < 1.29 is 24.2 Å². The van der Waals surface area contributed by atoms with Gasteiger partial charge in [0.1, 0.15) is 11.1 Å². The van der Waals surface area contributed by atoms with Gasteiger partial charge in [-0.1, -0.05) is 0 Å². The van der Waals surface area contributed by atoms with Gasteiger partial charge in [0.2, 0.25) is 0 Å². The fourth-order valence-electron chi connectivity index (χ4n) is 1.77. The number of carbonyl (C=O) groups is 2. The first-order valence-corrected chi connectivity index (χ1v) is 6.50. The molecule has 0 bridgehead atoms. The largest absolute Gasteiger partial charge is 0.480 e. The van der Waals surface area contributed by atoms with E-state index >= 15 is 0 Å². The Balaban J connectivity index is 5.27. The third kappa shape index (κ3) is 5.00. The molecule has 0 aliphatic carbocycles. The van der Waals surface area contributed by atoms with Gasteiger partial charge in [-0.05, 0) is 41.5 Å². The topological polar surface area (TPSA) is 76.1 Å². The highest BCUT2D eigenvalue weighted by Crippen LogP contribution is 2.29. The van der Waals surface area contributed by atoms with E-state index in [0.717, 1.165) is 4.90 Å². The van der Waals surface area contributed by atoms with Gasteiger partial charge in [0.15, 0.2) is 0 Å². The zero-order chi connectivity index (χ0) is 16.4. The highest BCUT2D eigenvalue weighted by atomic mass is 16.6. The summed E-state index contributed by atoms with van der Waals surface area (Å²) in [7, 11) is 2.93. The summed E-state index contributed by atoms with van der Waals surface area (Å²) in [6.45, 7) is 10.2. The second-order valence-corrected chi connectivity index (χ2v) is 6.76. The Hall–Kier alpha value is -1.30. The number of hydrogen-bond donors (Lipinski definition) is 1. The summed E-state index contributed by atoms with van der Waals surface area (Å²) in [5.74, 6) is -1.10. The zero-order valence-electron chi connectivity index (χ0n) is 13.7. The number of rotatable bonds is 5. The van der Waals surface area contributed by atoms with Crippen molar-refractivity contribution in [3.63, 3.8) is 0 Å². The number of ether oxygens (including phenoxy) is 2. The van der Waals surface area contributed by atoms with Gasteiger partial charge >= 0.3 is 12.1 Å². The molecule has 118 valence electrons. The summed E-state index contributed by atoms with van der Waals surface area (Å²) >= 11 is 0. The molecule has 1 unspecified atom stereocenters. The van der Waals surface area contributed by atoms with Crippen LogP contribution in [0.5, 0.6) is 0 Å². The Bertz CT molecular complexity index is 372. The fraction of sp³-hybridized carbons (Fsp3) is 0.857. The molecule has 6 heteroatoms. The van der Waals surface area contributed by atoms with Gasteiger partial charge in [-0.15, -0.1) is 0 Å². The van der Waals surface area contributed by atoms with Gasteiger partial charge in [0.25, 0.3) is 0 Å². The Morgan fingerprint density at radius 3 is 1.85 bits per heavy atom. The van der Waals surface area contributed by atoms with Crippen LogP contribution >= 0.6 is 0 Å². The summed E-state index contributed by atoms with van der Waals surface area (Å²) in [5, 5.41) is 9.50. The minimum Gasteiger partial charge on any atom is -0.480 e. The first-order chi connectivity index (χ1) is 8.75. The average Bonchev–Trinajstić information content (AvgIpc) is 2.24. The molecule has 6 nitrogen and oxygen atoms in total. The number of amides is 1. The molecule has 1 amide bonds. The van der Waals surface area contributed by atoms with Crippen LogP contribution in [-0.4, -0.2) is 53.0 Å². The van der Waals surface area contributed by atoms with E-state index in [1.165, 1.54) is 21.1 Å². The van der Waals surface area contributed by atoms with Crippen molar-refractivity contribution in [1.82, 2.24) is 4.90 Å². The van der Waals surface area contributed by atoms with E-state index in [9.17, 15) is 14.7 Å². The third-order valence-electron chi connectivity index (χ3n) is 3.19. The predicted octanol–water partition coefficient (Wildman–Crippen LogP) is 2.51. The number of methoxy groups -OCH3 is 1. The molecule has 0 rings (SSSR count). The van der Waals surface area contributed by atoms with Crippen molar-refractivity contribution in [2.75, 3.05) is 14.2 Å². The molecule has 0 spiro atoms. The molecule has 0 radical (unpaired) electrons. The number of nitrogens with zero attached hydrogens (tertiary/aromatic N) is 1. The highest BCUT2D eigenvalue weighted by molar-refractivity contribution is 5.84. The molecule has 0 aromatic heterocycles. The van der Waals surface area contributed by atoms with Gasteiger partial charge in [0, 0.05) is 20.6 Å². The molecule has 20 heavy (non-hydrogen) atoms. The van der Waals surface area contributed by atoms with Crippen molar-refractivity contribution >= 4 is 12.1 Å². The predicted molar refractivity (Wildman–Crippen MR) is 75.7 cm³/mol. The van der Waals surface area contributed by atoms with Crippen molar-refractivity contribution in [3.8, 4) is 0 Å². The van der Waals surface area contributed by atoms with E-state index in [1.807, 2.05) is 0 Å². The Morgan fingerprint density at radius 1 is 1.10 bits per heavy atom. The van der Waals surface area contributed by atoms with E-state index in [0.29, 0.717) is 0 Å². The molecule has 0 heterocycles. The number of aliphatic carboxylic acids is 1. The van der Waals surface area contributed by atoms with E-state index in [4.69, 9.17) is 9.47 Å². The number of hydrogen-bond acceptors (Lipinski definition) is 4. The number of carboxylic acids is 1. The number of carbonyl (C=O) groups excluding carboxylic acids is 1. The summed E-state index contributed by atoms with van der Waals surface area (Å²) < 4.78 is 10.5. The summed E-state index contributed by atoms with van der Waals surface area (Å²) in [6.07, 6.45) is -0.531. The average molecular weight is 289 g/mol. The molecule has 1 atom stereocenters. The molecule has 0 fully saturated rings. The standard InChI is InChI=1S/C14H27NO5/c1-12(2,3)20-11(18)15(7)14(6,10(16)17)9-13(4,5)19-8/h9H2,1-8H3,(H,16,17). The van der Waals surface area contributed by atoms with E-state index < -0.39 is 28.8 Å². The quantitative estimate of drug-likeness (QED) is 0.841.